The van der Waals surface area contributed by atoms with Crippen LogP contribution in [0.3, 0.4) is 0 Å². The van der Waals surface area contributed by atoms with Crippen LogP contribution in [0.5, 0.6) is 0 Å². The fraction of sp³-hybridized carbons (Fsp3) is 0.636. The Morgan fingerprint density at radius 1 is 1.12 bits per heavy atom. The quantitative estimate of drug-likeness (QED) is 0.581. The van der Waals surface area contributed by atoms with E-state index >= 15 is 0 Å². The SMILES string of the molecule is COC(=O)C(NC(=O)OC(C)(C)C)=C(C)C. The lowest BCUT2D eigenvalue weighted by Gasteiger charge is -2.20. The van der Waals surface area contributed by atoms with E-state index in [0.29, 0.717) is 5.57 Å². The molecule has 0 spiro atoms. The molecular formula is C11H19NO4. The van der Waals surface area contributed by atoms with Crippen LogP contribution in [-0.2, 0) is 14.3 Å². The molecule has 0 saturated heterocycles. The van der Waals surface area contributed by atoms with E-state index in [0.717, 1.165) is 0 Å². The summed E-state index contributed by atoms with van der Waals surface area (Å²) in [6, 6.07) is 0. The number of alkyl carbamates (subject to hydrolysis) is 1. The van der Waals surface area contributed by atoms with Crippen LogP contribution in [-0.4, -0.2) is 24.8 Å². The van der Waals surface area contributed by atoms with Crippen molar-refractivity contribution < 1.29 is 19.1 Å². The molecular weight excluding hydrogens is 210 g/mol. The van der Waals surface area contributed by atoms with E-state index < -0.39 is 17.7 Å². The molecule has 0 rings (SSSR count). The lowest BCUT2D eigenvalue weighted by atomic mass is 10.2. The van der Waals surface area contributed by atoms with Crippen LogP contribution in [0.1, 0.15) is 34.6 Å². The molecule has 0 aliphatic rings. The normalized spacial score (nSPS) is 10.4. The molecule has 0 radical (unpaired) electrons. The molecule has 0 aliphatic heterocycles. The fourth-order valence-electron chi connectivity index (χ4n) is 0.888. The van der Waals surface area contributed by atoms with Gasteiger partial charge in [-0.05, 0) is 40.2 Å². The van der Waals surface area contributed by atoms with Gasteiger partial charge in [0.2, 0.25) is 0 Å². The molecule has 0 saturated carbocycles. The van der Waals surface area contributed by atoms with Gasteiger partial charge in [-0.3, -0.25) is 5.32 Å². The third-order valence-electron chi connectivity index (χ3n) is 1.52. The molecule has 0 atom stereocenters. The summed E-state index contributed by atoms with van der Waals surface area (Å²) >= 11 is 0. The minimum atomic E-state index is -0.672. The summed E-state index contributed by atoms with van der Waals surface area (Å²) in [4.78, 5) is 22.7. The van der Waals surface area contributed by atoms with E-state index in [2.05, 4.69) is 10.1 Å². The summed E-state index contributed by atoms with van der Waals surface area (Å²) in [6.45, 7) is 8.62. The van der Waals surface area contributed by atoms with Crippen molar-refractivity contribution in [2.24, 2.45) is 0 Å². The Balaban J connectivity index is 4.63. The molecule has 0 heterocycles. The number of carbonyl (C=O) groups is 2. The van der Waals surface area contributed by atoms with Crippen molar-refractivity contribution in [3.05, 3.63) is 11.3 Å². The van der Waals surface area contributed by atoms with Crippen LogP contribution in [0.15, 0.2) is 11.3 Å². The van der Waals surface area contributed by atoms with Gasteiger partial charge in [-0.2, -0.15) is 0 Å². The smallest absolute Gasteiger partial charge is 0.412 e. The van der Waals surface area contributed by atoms with Crippen molar-refractivity contribution >= 4 is 12.1 Å². The molecule has 16 heavy (non-hydrogen) atoms. The van der Waals surface area contributed by atoms with Gasteiger partial charge >= 0.3 is 12.1 Å². The topological polar surface area (TPSA) is 64.6 Å². The summed E-state index contributed by atoms with van der Waals surface area (Å²) in [5.74, 6) is -0.592. The first kappa shape index (κ1) is 14.5. The Hall–Kier alpha value is -1.52. The van der Waals surface area contributed by atoms with Gasteiger partial charge in [0.1, 0.15) is 11.3 Å². The molecule has 0 bridgehead atoms. The highest BCUT2D eigenvalue weighted by atomic mass is 16.6. The van der Waals surface area contributed by atoms with Gasteiger partial charge in [-0.25, -0.2) is 9.59 Å². The molecule has 0 aromatic rings. The molecule has 0 aromatic carbocycles. The third kappa shape index (κ3) is 5.38. The van der Waals surface area contributed by atoms with Crippen molar-refractivity contribution in [2.45, 2.75) is 40.2 Å². The lowest BCUT2D eigenvalue weighted by Crippen LogP contribution is -2.35. The first-order chi connectivity index (χ1) is 7.17. The van der Waals surface area contributed by atoms with Gasteiger partial charge in [-0.1, -0.05) is 0 Å². The highest BCUT2D eigenvalue weighted by Crippen LogP contribution is 2.08. The molecule has 5 heteroatoms. The maximum atomic E-state index is 11.4. The van der Waals surface area contributed by atoms with Gasteiger partial charge in [0.25, 0.3) is 0 Å². The van der Waals surface area contributed by atoms with Crippen molar-refractivity contribution in [2.75, 3.05) is 7.11 Å². The molecule has 0 fully saturated rings. The van der Waals surface area contributed by atoms with E-state index in [1.165, 1.54) is 7.11 Å². The molecule has 92 valence electrons. The highest BCUT2D eigenvalue weighted by molar-refractivity contribution is 5.92. The molecule has 1 N–H and O–H groups in total. The number of nitrogens with one attached hydrogen (secondary N) is 1. The number of carbonyl (C=O) groups excluding carboxylic acids is 2. The minimum Gasteiger partial charge on any atom is -0.464 e. The molecule has 0 aromatic heterocycles. The van der Waals surface area contributed by atoms with Gasteiger partial charge < -0.3 is 9.47 Å². The van der Waals surface area contributed by atoms with Gasteiger partial charge in [0.05, 0.1) is 7.11 Å². The zero-order chi connectivity index (χ0) is 12.9. The lowest BCUT2D eigenvalue weighted by molar-refractivity contribution is -0.136. The zero-order valence-electron chi connectivity index (χ0n) is 10.6. The average molecular weight is 229 g/mol. The van der Waals surface area contributed by atoms with Crippen LogP contribution < -0.4 is 5.32 Å². The first-order valence-electron chi connectivity index (χ1n) is 4.93. The number of methoxy groups -OCH3 is 1. The maximum absolute atomic E-state index is 11.4. The van der Waals surface area contributed by atoms with Crippen LogP contribution in [0.4, 0.5) is 4.79 Å². The maximum Gasteiger partial charge on any atom is 0.412 e. The van der Waals surface area contributed by atoms with E-state index in [-0.39, 0.29) is 5.70 Å². The number of amides is 1. The number of allylic oxidation sites excluding steroid dienone is 1. The van der Waals surface area contributed by atoms with E-state index in [1.54, 1.807) is 34.6 Å². The second-order valence-corrected chi connectivity index (χ2v) is 4.49. The molecule has 5 nitrogen and oxygen atoms in total. The van der Waals surface area contributed by atoms with Crippen molar-refractivity contribution in [1.82, 2.24) is 5.32 Å². The van der Waals surface area contributed by atoms with Crippen LogP contribution in [0, 0.1) is 0 Å². The largest absolute Gasteiger partial charge is 0.464 e. The number of rotatable bonds is 2. The van der Waals surface area contributed by atoms with Crippen molar-refractivity contribution in [1.29, 1.82) is 0 Å². The van der Waals surface area contributed by atoms with Gasteiger partial charge in [-0.15, -0.1) is 0 Å². The van der Waals surface area contributed by atoms with Gasteiger partial charge in [0, 0.05) is 0 Å². The Morgan fingerprint density at radius 3 is 1.94 bits per heavy atom. The van der Waals surface area contributed by atoms with Crippen molar-refractivity contribution in [3.8, 4) is 0 Å². The van der Waals surface area contributed by atoms with Gasteiger partial charge in [0.15, 0.2) is 0 Å². The Morgan fingerprint density at radius 2 is 1.62 bits per heavy atom. The third-order valence-corrected chi connectivity index (χ3v) is 1.52. The number of hydrogen-bond donors (Lipinski definition) is 1. The monoisotopic (exact) mass is 229 g/mol. The number of ether oxygens (including phenoxy) is 2. The second kappa shape index (κ2) is 5.53. The summed E-state index contributed by atoms with van der Waals surface area (Å²) in [5, 5.41) is 2.37. The van der Waals surface area contributed by atoms with E-state index in [1.807, 2.05) is 0 Å². The van der Waals surface area contributed by atoms with Crippen LogP contribution in [0.2, 0.25) is 0 Å². The predicted molar refractivity (Wildman–Crippen MR) is 59.8 cm³/mol. The minimum absolute atomic E-state index is 0.108. The predicted octanol–water partition coefficient (Wildman–Crippen LogP) is 1.98. The molecule has 1 amide bonds. The van der Waals surface area contributed by atoms with E-state index in [4.69, 9.17) is 4.74 Å². The second-order valence-electron chi connectivity index (χ2n) is 4.49. The summed E-state index contributed by atoms with van der Waals surface area (Å²) in [5.41, 5.74) is 0.155. The fourth-order valence-corrected chi connectivity index (χ4v) is 0.888. The summed E-state index contributed by atoms with van der Waals surface area (Å²) in [7, 11) is 1.25. The summed E-state index contributed by atoms with van der Waals surface area (Å²) in [6.07, 6.45) is -0.672. The molecule has 0 unspecified atom stereocenters. The number of esters is 1. The summed E-state index contributed by atoms with van der Waals surface area (Å²) < 4.78 is 9.56. The van der Waals surface area contributed by atoms with Crippen LogP contribution >= 0.6 is 0 Å². The standard InChI is InChI=1S/C11H19NO4/c1-7(2)8(9(13)15-6)12-10(14)16-11(3,4)5/h1-6H3,(H,12,14). The Kier molecular flexibility index (Phi) is 5.01. The average Bonchev–Trinajstić information content (AvgIpc) is 2.09. The van der Waals surface area contributed by atoms with E-state index in [9.17, 15) is 9.59 Å². The van der Waals surface area contributed by atoms with Crippen LogP contribution in [0.25, 0.3) is 0 Å². The zero-order valence-corrected chi connectivity index (χ0v) is 10.6. The Labute approximate surface area is 95.8 Å². The first-order valence-corrected chi connectivity index (χ1v) is 4.93. The Bertz CT molecular complexity index is 308. The number of hydrogen-bond acceptors (Lipinski definition) is 4. The highest BCUT2D eigenvalue weighted by Gasteiger charge is 2.20. The molecule has 0 aliphatic carbocycles. The van der Waals surface area contributed by atoms with Crippen molar-refractivity contribution in [3.63, 3.8) is 0 Å².